The van der Waals surface area contributed by atoms with E-state index < -0.39 is 15.6 Å². The van der Waals surface area contributed by atoms with E-state index in [9.17, 15) is 18.0 Å². The lowest BCUT2D eigenvalue weighted by molar-refractivity contribution is -0.132. The summed E-state index contributed by atoms with van der Waals surface area (Å²) in [5.41, 5.74) is 0.192. The van der Waals surface area contributed by atoms with Crippen molar-refractivity contribution < 1.29 is 22.7 Å². The fourth-order valence-corrected chi connectivity index (χ4v) is 3.74. The van der Waals surface area contributed by atoms with Gasteiger partial charge < -0.3 is 15.0 Å². The summed E-state index contributed by atoms with van der Waals surface area (Å²) in [5.74, 6) is 0.00852. The Morgan fingerprint density at radius 2 is 1.87 bits per heavy atom. The maximum Gasteiger partial charge on any atom is 0.270 e. The second kappa shape index (κ2) is 8.25. The predicted octanol–water partition coefficient (Wildman–Crippen LogP) is 2.20. The highest BCUT2D eigenvalue weighted by Gasteiger charge is 2.40. The average molecular weight is 452 g/mol. The fourth-order valence-electron chi connectivity index (χ4n) is 3.06. The van der Waals surface area contributed by atoms with Crippen molar-refractivity contribution in [2.45, 2.75) is 37.3 Å². The van der Waals surface area contributed by atoms with Crippen LogP contribution in [0.2, 0.25) is 5.02 Å². The minimum atomic E-state index is -3.76. The van der Waals surface area contributed by atoms with Gasteiger partial charge in [0.15, 0.2) is 5.60 Å². The Labute approximate surface area is 180 Å². The third-order valence-electron chi connectivity index (χ3n) is 4.64. The van der Waals surface area contributed by atoms with E-state index >= 15 is 0 Å². The summed E-state index contributed by atoms with van der Waals surface area (Å²) < 4.78 is 28.3. The van der Waals surface area contributed by atoms with Crippen molar-refractivity contribution in [3.05, 3.63) is 53.1 Å². The van der Waals surface area contributed by atoms with E-state index in [4.69, 9.17) is 21.5 Å². The zero-order valence-corrected chi connectivity index (χ0v) is 18.1. The van der Waals surface area contributed by atoms with Gasteiger partial charge in [-0.1, -0.05) is 23.7 Å². The minimum Gasteiger partial charge on any atom is -0.476 e. The quantitative estimate of drug-likeness (QED) is 0.697. The molecule has 8 nitrogen and oxygen atoms in total. The Kier molecular flexibility index (Phi) is 6.07. The van der Waals surface area contributed by atoms with Gasteiger partial charge in [0.2, 0.25) is 15.9 Å². The number of ether oxygens (including phenoxy) is 1. The molecule has 10 heteroatoms. The zero-order chi connectivity index (χ0) is 22.1. The van der Waals surface area contributed by atoms with Crippen molar-refractivity contribution in [1.82, 2.24) is 5.32 Å². The number of nitrogens with two attached hydrogens (primary N) is 1. The molecule has 0 saturated carbocycles. The first-order valence-electron chi connectivity index (χ1n) is 9.16. The van der Waals surface area contributed by atoms with Gasteiger partial charge in [0.05, 0.1) is 10.6 Å². The number of hydrogen-bond donors (Lipinski definition) is 2. The smallest absolute Gasteiger partial charge is 0.270 e. The highest BCUT2D eigenvalue weighted by atomic mass is 35.5. The van der Waals surface area contributed by atoms with Gasteiger partial charge in [-0.05, 0) is 49.7 Å². The number of amides is 2. The number of sulfonamides is 1. The molecule has 1 aliphatic heterocycles. The number of fused-ring (bicyclic) bond motifs is 1. The van der Waals surface area contributed by atoms with Crippen LogP contribution < -0.4 is 20.1 Å². The number of rotatable bonds is 6. The number of nitrogens with one attached hydrogen (secondary N) is 1. The van der Waals surface area contributed by atoms with Gasteiger partial charge in [0.25, 0.3) is 5.91 Å². The number of benzene rings is 2. The van der Waals surface area contributed by atoms with Crippen LogP contribution in [0.5, 0.6) is 5.75 Å². The van der Waals surface area contributed by atoms with Crippen molar-refractivity contribution in [2.24, 2.45) is 5.14 Å². The summed E-state index contributed by atoms with van der Waals surface area (Å²) in [7, 11) is -3.76. The van der Waals surface area contributed by atoms with Gasteiger partial charge in [0, 0.05) is 24.5 Å². The number of carbonyl (C=O) groups excluding carboxylic acids is 2. The molecule has 0 unspecified atom stereocenters. The van der Waals surface area contributed by atoms with Crippen molar-refractivity contribution >= 4 is 39.1 Å². The highest BCUT2D eigenvalue weighted by Crippen LogP contribution is 2.39. The molecule has 0 bridgehead atoms. The zero-order valence-electron chi connectivity index (χ0n) is 16.5. The molecule has 160 valence electrons. The van der Waals surface area contributed by atoms with E-state index in [-0.39, 0.29) is 36.2 Å². The Morgan fingerprint density at radius 3 is 2.50 bits per heavy atom. The van der Waals surface area contributed by atoms with Crippen LogP contribution in [0, 0.1) is 0 Å². The van der Waals surface area contributed by atoms with Crippen molar-refractivity contribution in [2.75, 3.05) is 11.4 Å². The van der Waals surface area contributed by atoms with Gasteiger partial charge in [-0.25, -0.2) is 13.6 Å². The summed E-state index contributed by atoms with van der Waals surface area (Å²) in [4.78, 5) is 26.6. The molecule has 2 aromatic carbocycles. The molecule has 0 fully saturated rings. The summed E-state index contributed by atoms with van der Waals surface area (Å²) in [6, 6.07) is 10.9. The molecule has 0 aromatic heterocycles. The van der Waals surface area contributed by atoms with Crippen LogP contribution in [0.25, 0.3) is 0 Å². The highest BCUT2D eigenvalue weighted by molar-refractivity contribution is 7.89. The van der Waals surface area contributed by atoms with E-state index in [1.165, 1.54) is 17.0 Å². The Hall–Kier alpha value is -2.62. The molecule has 1 aliphatic rings. The van der Waals surface area contributed by atoms with Crippen LogP contribution in [0.1, 0.15) is 25.8 Å². The molecule has 0 atom stereocenters. The number of anilines is 1. The topological polar surface area (TPSA) is 119 Å². The average Bonchev–Trinajstić information content (AvgIpc) is 2.67. The second-order valence-corrected chi connectivity index (χ2v) is 9.39. The largest absolute Gasteiger partial charge is 0.476 e. The molecule has 1 heterocycles. The van der Waals surface area contributed by atoms with Crippen LogP contribution in [0.15, 0.2) is 47.4 Å². The van der Waals surface area contributed by atoms with Crippen LogP contribution in [0.3, 0.4) is 0 Å². The lowest BCUT2D eigenvalue weighted by Gasteiger charge is -2.38. The molecule has 2 amide bonds. The normalized spacial score (nSPS) is 15.3. The molecule has 0 saturated heterocycles. The lowest BCUT2D eigenvalue weighted by Crippen LogP contribution is -2.53. The monoisotopic (exact) mass is 451 g/mol. The summed E-state index contributed by atoms with van der Waals surface area (Å²) in [6.07, 6.45) is 0.0725. The first-order chi connectivity index (χ1) is 14.0. The van der Waals surface area contributed by atoms with Crippen molar-refractivity contribution in [3.8, 4) is 5.75 Å². The van der Waals surface area contributed by atoms with E-state index in [0.717, 1.165) is 5.56 Å². The van der Waals surface area contributed by atoms with E-state index in [1.807, 2.05) is 0 Å². The molecule has 0 spiro atoms. The first kappa shape index (κ1) is 22.1. The van der Waals surface area contributed by atoms with Crippen molar-refractivity contribution in [1.29, 1.82) is 0 Å². The number of primary sulfonamides is 1. The van der Waals surface area contributed by atoms with Crippen molar-refractivity contribution in [3.63, 3.8) is 0 Å². The molecule has 0 aliphatic carbocycles. The maximum atomic E-state index is 12.8. The van der Waals surface area contributed by atoms with Crippen LogP contribution in [0.4, 0.5) is 5.69 Å². The second-order valence-electron chi connectivity index (χ2n) is 7.40. The van der Waals surface area contributed by atoms with Gasteiger partial charge in [-0.2, -0.15) is 0 Å². The Bertz CT molecular complexity index is 1080. The molecule has 3 rings (SSSR count). The number of carbonyl (C=O) groups is 2. The number of halogens is 1. The molecular formula is C20H22ClN3O5S. The Balaban J connectivity index is 1.63. The lowest BCUT2D eigenvalue weighted by atomic mass is 10.0. The summed E-state index contributed by atoms with van der Waals surface area (Å²) >= 11 is 6.06. The molecular weight excluding hydrogens is 430 g/mol. The third kappa shape index (κ3) is 4.92. The first-order valence-corrected chi connectivity index (χ1v) is 11.1. The van der Waals surface area contributed by atoms with Crippen LogP contribution in [-0.4, -0.2) is 32.4 Å². The van der Waals surface area contributed by atoms with E-state index in [2.05, 4.69) is 5.32 Å². The molecule has 2 aromatic rings. The summed E-state index contributed by atoms with van der Waals surface area (Å²) in [5, 5.41) is 8.28. The number of nitrogens with zero attached hydrogens (tertiary/aromatic N) is 1. The molecule has 0 radical (unpaired) electrons. The van der Waals surface area contributed by atoms with Gasteiger partial charge in [0.1, 0.15) is 5.75 Å². The van der Waals surface area contributed by atoms with Gasteiger partial charge in [-0.3, -0.25) is 9.59 Å². The van der Waals surface area contributed by atoms with E-state index in [1.54, 1.807) is 44.2 Å². The number of hydrogen-bond acceptors (Lipinski definition) is 5. The predicted molar refractivity (Wildman–Crippen MR) is 113 cm³/mol. The minimum absolute atomic E-state index is 0.00310. The SMILES string of the molecule is CC1(C)Oc2ccc(Cl)cc2N(CCC(=O)NCc2ccc(S(N)(=O)=O)cc2)C1=O. The van der Waals surface area contributed by atoms with E-state index in [0.29, 0.717) is 16.5 Å². The van der Waals surface area contributed by atoms with Gasteiger partial charge in [-0.15, -0.1) is 0 Å². The standard InChI is InChI=1S/C20H22ClN3O5S/c1-20(2)19(26)24(16-11-14(21)5-8-17(16)29-20)10-9-18(25)23-12-13-3-6-15(7-4-13)30(22,27)28/h3-8,11H,9-10,12H2,1-2H3,(H,23,25)(H2,22,27,28). The maximum absolute atomic E-state index is 12.8. The van der Waals surface area contributed by atoms with Crippen LogP contribution >= 0.6 is 11.6 Å². The summed E-state index contributed by atoms with van der Waals surface area (Å²) in [6.45, 7) is 3.72. The van der Waals surface area contributed by atoms with Crippen LogP contribution in [-0.2, 0) is 26.2 Å². The fraction of sp³-hybridized carbons (Fsp3) is 0.300. The molecule has 3 N–H and O–H groups in total. The third-order valence-corrected chi connectivity index (χ3v) is 5.81. The molecule has 30 heavy (non-hydrogen) atoms. The Morgan fingerprint density at radius 1 is 1.20 bits per heavy atom. The van der Waals surface area contributed by atoms with Gasteiger partial charge >= 0.3 is 0 Å².